The summed E-state index contributed by atoms with van der Waals surface area (Å²) in [6.45, 7) is 11.9. The molecule has 0 radical (unpaired) electrons. The van der Waals surface area contributed by atoms with E-state index in [0.29, 0.717) is 30.5 Å². The van der Waals surface area contributed by atoms with E-state index in [-0.39, 0.29) is 6.54 Å². The van der Waals surface area contributed by atoms with Crippen LogP contribution in [-0.4, -0.2) is 95.1 Å². The lowest BCUT2D eigenvalue weighted by Gasteiger charge is -2.27. The molecule has 2 aromatic rings. The number of amides is 2. The molecule has 2 aliphatic heterocycles. The van der Waals surface area contributed by atoms with E-state index in [2.05, 4.69) is 0 Å². The first-order valence-corrected chi connectivity index (χ1v) is 16.2. The van der Waals surface area contributed by atoms with Crippen molar-refractivity contribution in [2.45, 2.75) is 84.6 Å². The Morgan fingerprint density at radius 2 is 1.12 bits per heavy atom. The molecule has 0 N–H and O–H groups in total. The molecule has 2 amide bonds. The first-order chi connectivity index (χ1) is 22.9. The number of benzene rings is 2. The van der Waals surface area contributed by atoms with Crippen LogP contribution in [-0.2, 0) is 28.5 Å². The second kappa shape index (κ2) is 15.0. The van der Waals surface area contributed by atoms with Gasteiger partial charge in [-0.1, -0.05) is 60.2 Å². The maximum atomic E-state index is 12.8. The molecular weight excluding hydrogens is 632 g/mol. The molecule has 0 unspecified atom stereocenters. The van der Waals surface area contributed by atoms with Crippen LogP contribution < -0.4 is 0 Å². The number of ether oxygens (including phenoxy) is 4. The van der Waals surface area contributed by atoms with Crippen LogP contribution in [0.5, 0.6) is 0 Å². The number of ketones is 2. The lowest BCUT2D eigenvalue weighted by Crippen LogP contribution is -2.44. The maximum absolute atomic E-state index is 12.8. The van der Waals surface area contributed by atoms with Crippen LogP contribution in [0.4, 0.5) is 9.59 Å². The SMILES string of the molecule is CC1=C[C@@H](C(=O)OCC(=O)c2ccc(-c3ccc(C(=O)COC(=O)[C@@H]4CCCN4C(=O)OC(C)(C)C)cc3)cc2)N(C(=O)OC(C)(C)C)C1. The minimum Gasteiger partial charge on any atom is -0.456 e. The average Bonchev–Trinajstić information content (AvgIpc) is 3.68. The fourth-order valence-corrected chi connectivity index (χ4v) is 5.34. The van der Waals surface area contributed by atoms with E-state index in [1.807, 2.05) is 0 Å². The van der Waals surface area contributed by atoms with Crippen LogP contribution in [0.2, 0.25) is 0 Å². The van der Waals surface area contributed by atoms with Crippen LogP contribution >= 0.6 is 0 Å². The summed E-state index contributed by atoms with van der Waals surface area (Å²) in [5, 5.41) is 0. The number of Topliss-reactive ketones (excluding diaryl/α,β-unsaturated/α-hetero) is 2. The Kier molecular flexibility index (Phi) is 11.3. The zero-order valence-corrected chi connectivity index (χ0v) is 29.1. The van der Waals surface area contributed by atoms with E-state index < -0.39 is 72.2 Å². The monoisotopic (exact) mass is 676 g/mol. The summed E-state index contributed by atoms with van der Waals surface area (Å²) >= 11 is 0. The van der Waals surface area contributed by atoms with Crippen molar-refractivity contribution in [2.75, 3.05) is 26.3 Å². The highest BCUT2D eigenvalue weighted by Gasteiger charge is 2.38. The highest BCUT2D eigenvalue weighted by molar-refractivity contribution is 6.00. The molecule has 12 nitrogen and oxygen atoms in total. The van der Waals surface area contributed by atoms with Gasteiger partial charge in [-0.25, -0.2) is 19.2 Å². The number of nitrogens with zero attached hydrogens (tertiary/aromatic N) is 2. The quantitative estimate of drug-likeness (QED) is 0.139. The number of hydrogen-bond donors (Lipinski definition) is 0. The van der Waals surface area contributed by atoms with Crippen molar-refractivity contribution >= 4 is 35.7 Å². The van der Waals surface area contributed by atoms with Gasteiger partial charge in [-0.3, -0.25) is 19.4 Å². The van der Waals surface area contributed by atoms with Crippen molar-refractivity contribution in [3.8, 4) is 11.1 Å². The Morgan fingerprint density at radius 3 is 1.59 bits per heavy atom. The van der Waals surface area contributed by atoms with Gasteiger partial charge in [-0.15, -0.1) is 0 Å². The van der Waals surface area contributed by atoms with Crippen molar-refractivity contribution in [2.24, 2.45) is 0 Å². The smallest absolute Gasteiger partial charge is 0.411 e. The first kappa shape index (κ1) is 36.8. The van der Waals surface area contributed by atoms with E-state index in [0.717, 1.165) is 16.7 Å². The lowest BCUT2D eigenvalue weighted by molar-refractivity contribution is -0.147. The molecule has 262 valence electrons. The summed E-state index contributed by atoms with van der Waals surface area (Å²) in [6.07, 6.45) is 1.45. The van der Waals surface area contributed by atoms with Crippen molar-refractivity contribution < 1.29 is 47.7 Å². The number of carbonyl (C=O) groups excluding carboxylic acids is 6. The average molecular weight is 677 g/mol. The topological polar surface area (TPSA) is 146 Å². The Hall–Kier alpha value is -5.00. The Balaban J connectivity index is 1.28. The molecule has 0 saturated carbocycles. The predicted octanol–water partition coefficient (Wildman–Crippen LogP) is 5.77. The van der Waals surface area contributed by atoms with Gasteiger partial charge in [0.1, 0.15) is 17.2 Å². The summed E-state index contributed by atoms with van der Waals surface area (Å²) in [7, 11) is 0. The van der Waals surface area contributed by atoms with Gasteiger partial charge >= 0.3 is 24.1 Å². The molecule has 0 aromatic heterocycles. The zero-order valence-electron chi connectivity index (χ0n) is 29.1. The fourth-order valence-electron chi connectivity index (χ4n) is 5.34. The predicted molar refractivity (Wildman–Crippen MR) is 179 cm³/mol. The number of likely N-dealkylation sites (tertiary alicyclic amines) is 1. The van der Waals surface area contributed by atoms with Crippen molar-refractivity contribution in [3.05, 3.63) is 71.3 Å². The molecule has 49 heavy (non-hydrogen) atoms. The number of rotatable bonds is 9. The zero-order chi connectivity index (χ0) is 36.1. The number of carbonyl (C=O) groups is 6. The Bertz CT molecular complexity index is 1610. The molecule has 0 bridgehead atoms. The summed E-state index contributed by atoms with van der Waals surface area (Å²) in [5.74, 6) is -2.18. The van der Waals surface area contributed by atoms with Gasteiger partial charge in [0, 0.05) is 24.2 Å². The highest BCUT2D eigenvalue weighted by atomic mass is 16.6. The molecule has 0 spiro atoms. The molecule has 2 atom stereocenters. The minimum atomic E-state index is -0.978. The minimum absolute atomic E-state index is 0.226. The highest BCUT2D eigenvalue weighted by Crippen LogP contribution is 2.24. The maximum Gasteiger partial charge on any atom is 0.411 e. The summed E-state index contributed by atoms with van der Waals surface area (Å²) in [4.78, 5) is 78.8. The molecular formula is C37H44N2O10. The van der Waals surface area contributed by atoms with Gasteiger partial charge in [0.15, 0.2) is 30.8 Å². The van der Waals surface area contributed by atoms with E-state index in [1.165, 1.54) is 9.80 Å². The Morgan fingerprint density at radius 1 is 0.673 bits per heavy atom. The van der Waals surface area contributed by atoms with Crippen molar-refractivity contribution in [1.29, 1.82) is 0 Å². The second-order valence-corrected chi connectivity index (χ2v) is 14.1. The van der Waals surface area contributed by atoms with E-state index in [9.17, 15) is 28.8 Å². The van der Waals surface area contributed by atoms with Gasteiger partial charge < -0.3 is 18.9 Å². The Labute approximate surface area is 286 Å². The third-order valence-corrected chi connectivity index (χ3v) is 7.66. The van der Waals surface area contributed by atoms with Gasteiger partial charge in [0.2, 0.25) is 0 Å². The largest absolute Gasteiger partial charge is 0.456 e. The second-order valence-electron chi connectivity index (χ2n) is 14.1. The first-order valence-electron chi connectivity index (χ1n) is 16.2. The fraction of sp³-hybridized carbons (Fsp3) is 0.459. The third kappa shape index (κ3) is 10.0. The van der Waals surface area contributed by atoms with Gasteiger partial charge in [-0.05, 0) is 72.4 Å². The molecule has 0 aliphatic carbocycles. The van der Waals surface area contributed by atoms with E-state index in [1.54, 1.807) is 103 Å². The third-order valence-electron chi connectivity index (χ3n) is 7.66. The molecule has 2 aromatic carbocycles. The van der Waals surface area contributed by atoms with Crippen LogP contribution in [0.1, 0.15) is 82.0 Å². The van der Waals surface area contributed by atoms with Crippen LogP contribution in [0.15, 0.2) is 60.2 Å². The van der Waals surface area contributed by atoms with Crippen molar-refractivity contribution in [1.82, 2.24) is 9.80 Å². The molecule has 4 rings (SSSR count). The number of esters is 2. The molecule has 2 heterocycles. The van der Waals surface area contributed by atoms with E-state index >= 15 is 0 Å². The summed E-state index contributed by atoms with van der Waals surface area (Å²) < 4.78 is 21.3. The number of hydrogen-bond acceptors (Lipinski definition) is 10. The van der Waals surface area contributed by atoms with Gasteiger partial charge in [0.25, 0.3) is 0 Å². The van der Waals surface area contributed by atoms with Gasteiger partial charge in [0.05, 0.1) is 0 Å². The molecule has 1 fully saturated rings. The summed E-state index contributed by atoms with van der Waals surface area (Å²) in [6, 6.07) is 11.6. The molecule has 1 saturated heterocycles. The van der Waals surface area contributed by atoms with Crippen molar-refractivity contribution in [3.63, 3.8) is 0 Å². The van der Waals surface area contributed by atoms with Crippen LogP contribution in [0.25, 0.3) is 11.1 Å². The molecule has 2 aliphatic rings. The van der Waals surface area contributed by atoms with Crippen LogP contribution in [0.3, 0.4) is 0 Å². The lowest BCUT2D eigenvalue weighted by atomic mass is 10.0. The normalized spacial score (nSPS) is 17.7. The van der Waals surface area contributed by atoms with Gasteiger partial charge in [-0.2, -0.15) is 0 Å². The summed E-state index contributed by atoms with van der Waals surface area (Å²) in [5.41, 5.74) is 1.62. The molecule has 12 heteroatoms. The standard InChI is InChI=1S/C37H44N2O10/c1-23-19-29(39(20-23)35(45)49-37(5,6)7)33(43)47-22-31(41)27-16-12-25(13-17-27)24-10-14-26(15-11-24)30(40)21-46-32(42)28-9-8-18-38(28)34(44)48-36(2,3)4/h10-17,19,28-29H,8-9,18,20-22H2,1-7H3/t28-,29-/m0/s1. The van der Waals surface area contributed by atoms with E-state index in [4.69, 9.17) is 18.9 Å². The van der Waals surface area contributed by atoms with Crippen LogP contribution in [0, 0.1) is 0 Å².